The minimum Gasteiger partial charge on any atom is -0.478 e. The molecule has 3 N–H and O–H groups in total. The average molecular weight is 181 g/mol. The molecule has 1 heterocycles. The van der Waals surface area contributed by atoms with E-state index in [2.05, 4.69) is 11.8 Å². The molecule has 0 aliphatic carbocycles. The number of thiophene rings is 1. The number of nitrogens with two attached hydrogens (primary N) is 1. The molecule has 62 valence electrons. The second-order valence-electron chi connectivity index (χ2n) is 2.01. The van der Waals surface area contributed by atoms with E-state index in [1.54, 1.807) is 10.8 Å². The van der Waals surface area contributed by atoms with E-state index in [4.69, 9.17) is 10.8 Å². The molecule has 0 aliphatic heterocycles. The number of aromatic carboxylic acids is 1. The summed E-state index contributed by atoms with van der Waals surface area (Å²) in [5, 5.41) is 11.9. The highest BCUT2D eigenvalue weighted by Crippen LogP contribution is 2.13. The lowest BCUT2D eigenvalue weighted by molar-refractivity contribution is 0.0697. The van der Waals surface area contributed by atoms with Gasteiger partial charge in [0.15, 0.2) is 0 Å². The van der Waals surface area contributed by atoms with Crippen LogP contribution in [0.5, 0.6) is 0 Å². The molecule has 1 rings (SSSR count). The lowest BCUT2D eigenvalue weighted by Gasteiger charge is -1.87. The van der Waals surface area contributed by atoms with Gasteiger partial charge in [-0.15, -0.1) is 0 Å². The molecule has 0 atom stereocenters. The van der Waals surface area contributed by atoms with Gasteiger partial charge in [0, 0.05) is 16.3 Å². The summed E-state index contributed by atoms with van der Waals surface area (Å²) in [6, 6.07) is 0. The van der Waals surface area contributed by atoms with Crippen molar-refractivity contribution in [3.8, 4) is 11.8 Å². The first-order valence-corrected chi connectivity index (χ1v) is 4.18. The van der Waals surface area contributed by atoms with Crippen LogP contribution in [-0.4, -0.2) is 17.6 Å². The minimum atomic E-state index is -0.947. The number of carboxylic acid groups (broad SMARTS) is 1. The minimum absolute atomic E-state index is 0.245. The highest BCUT2D eigenvalue weighted by Gasteiger charge is 2.07. The molecule has 0 fully saturated rings. The summed E-state index contributed by atoms with van der Waals surface area (Å²) in [4.78, 5) is 10.6. The van der Waals surface area contributed by atoms with Crippen LogP contribution >= 0.6 is 11.3 Å². The van der Waals surface area contributed by atoms with E-state index in [-0.39, 0.29) is 12.1 Å². The summed E-state index contributed by atoms with van der Waals surface area (Å²) in [5.74, 6) is 4.35. The van der Waals surface area contributed by atoms with Crippen molar-refractivity contribution in [1.29, 1.82) is 0 Å². The largest absolute Gasteiger partial charge is 0.478 e. The number of rotatable bonds is 1. The molecular formula is C8H7NO2S. The predicted molar refractivity (Wildman–Crippen MR) is 47.2 cm³/mol. The molecule has 0 unspecified atom stereocenters. The fourth-order valence-corrected chi connectivity index (χ4v) is 1.46. The topological polar surface area (TPSA) is 63.3 Å². The normalized spacial score (nSPS) is 8.75. The Morgan fingerprint density at radius 1 is 1.67 bits per heavy atom. The SMILES string of the molecule is NCC#Cc1cscc1C(=O)O. The van der Waals surface area contributed by atoms with Crippen molar-refractivity contribution in [1.82, 2.24) is 0 Å². The highest BCUT2D eigenvalue weighted by atomic mass is 32.1. The fraction of sp³-hybridized carbons (Fsp3) is 0.125. The first-order chi connectivity index (χ1) is 5.75. The van der Waals surface area contributed by atoms with Gasteiger partial charge in [0.2, 0.25) is 0 Å². The maximum Gasteiger partial charge on any atom is 0.337 e. The lowest BCUT2D eigenvalue weighted by atomic mass is 10.2. The van der Waals surface area contributed by atoms with Crippen molar-refractivity contribution in [2.45, 2.75) is 0 Å². The van der Waals surface area contributed by atoms with Crippen LogP contribution in [-0.2, 0) is 0 Å². The van der Waals surface area contributed by atoms with E-state index >= 15 is 0 Å². The third-order valence-corrected chi connectivity index (χ3v) is 1.96. The Balaban J connectivity index is 2.99. The van der Waals surface area contributed by atoms with Crippen molar-refractivity contribution < 1.29 is 9.90 Å². The maximum atomic E-state index is 10.6. The average Bonchev–Trinajstić information content (AvgIpc) is 2.48. The molecule has 0 bridgehead atoms. The Kier molecular flexibility index (Phi) is 2.86. The molecule has 4 heteroatoms. The molecular weight excluding hydrogens is 174 g/mol. The van der Waals surface area contributed by atoms with Crippen molar-refractivity contribution in [2.24, 2.45) is 5.73 Å². The van der Waals surface area contributed by atoms with Gasteiger partial charge in [-0.25, -0.2) is 4.79 Å². The zero-order valence-electron chi connectivity index (χ0n) is 6.20. The monoisotopic (exact) mass is 181 g/mol. The van der Waals surface area contributed by atoms with Crippen molar-refractivity contribution in [3.63, 3.8) is 0 Å². The van der Waals surface area contributed by atoms with Gasteiger partial charge >= 0.3 is 5.97 Å². The van der Waals surface area contributed by atoms with E-state index in [9.17, 15) is 4.79 Å². The Bertz CT molecular complexity index is 345. The lowest BCUT2D eigenvalue weighted by Crippen LogP contribution is -1.97. The summed E-state index contributed by atoms with van der Waals surface area (Å²) in [6.07, 6.45) is 0. The van der Waals surface area contributed by atoms with Crippen LogP contribution < -0.4 is 5.73 Å². The molecule has 0 saturated carbocycles. The van der Waals surface area contributed by atoms with Gasteiger partial charge in [-0.05, 0) is 0 Å². The smallest absolute Gasteiger partial charge is 0.337 e. The number of hydrogen-bond acceptors (Lipinski definition) is 3. The number of carboxylic acids is 1. The third-order valence-electron chi connectivity index (χ3n) is 1.22. The van der Waals surface area contributed by atoms with E-state index < -0.39 is 5.97 Å². The van der Waals surface area contributed by atoms with Gasteiger partial charge in [0.25, 0.3) is 0 Å². The van der Waals surface area contributed by atoms with Crippen LogP contribution in [0, 0.1) is 11.8 Å². The zero-order valence-corrected chi connectivity index (χ0v) is 7.02. The summed E-state index contributed by atoms with van der Waals surface area (Å²) >= 11 is 1.32. The Morgan fingerprint density at radius 2 is 2.42 bits per heavy atom. The first-order valence-electron chi connectivity index (χ1n) is 3.24. The number of carbonyl (C=O) groups is 1. The summed E-state index contributed by atoms with van der Waals surface area (Å²) < 4.78 is 0. The van der Waals surface area contributed by atoms with Crippen LogP contribution in [0.4, 0.5) is 0 Å². The Morgan fingerprint density at radius 3 is 3.00 bits per heavy atom. The van der Waals surface area contributed by atoms with Crippen LogP contribution in [0.15, 0.2) is 10.8 Å². The molecule has 12 heavy (non-hydrogen) atoms. The summed E-state index contributed by atoms with van der Waals surface area (Å²) in [5.41, 5.74) is 5.94. The second-order valence-corrected chi connectivity index (χ2v) is 2.75. The van der Waals surface area contributed by atoms with Gasteiger partial charge in [0.1, 0.15) is 0 Å². The van der Waals surface area contributed by atoms with Crippen LogP contribution in [0.3, 0.4) is 0 Å². The molecule has 0 amide bonds. The van der Waals surface area contributed by atoms with Crippen molar-refractivity contribution >= 4 is 17.3 Å². The maximum absolute atomic E-state index is 10.6. The quantitative estimate of drug-likeness (QED) is 0.628. The molecule has 0 spiro atoms. The number of hydrogen-bond donors (Lipinski definition) is 2. The molecule has 0 radical (unpaired) electrons. The molecule has 0 aromatic carbocycles. The fourth-order valence-electron chi connectivity index (χ4n) is 0.706. The molecule has 1 aromatic heterocycles. The van der Waals surface area contributed by atoms with E-state index in [1.165, 1.54) is 11.3 Å². The Labute approximate surface area is 73.8 Å². The molecule has 1 aromatic rings. The van der Waals surface area contributed by atoms with Crippen molar-refractivity contribution in [2.75, 3.05) is 6.54 Å². The van der Waals surface area contributed by atoms with Crippen LogP contribution in [0.25, 0.3) is 0 Å². The predicted octanol–water partition coefficient (Wildman–Crippen LogP) is 0.757. The standard InChI is InChI=1S/C8H7NO2S/c9-3-1-2-6-4-12-5-7(6)8(10)11/h4-5H,3,9H2,(H,10,11). The van der Waals surface area contributed by atoms with Gasteiger partial charge < -0.3 is 10.8 Å². The summed E-state index contributed by atoms with van der Waals surface area (Å²) in [7, 11) is 0. The molecule has 0 saturated heterocycles. The Hall–Kier alpha value is -1.31. The van der Waals surface area contributed by atoms with Gasteiger partial charge in [-0.2, -0.15) is 11.3 Å². The summed E-state index contributed by atoms with van der Waals surface area (Å²) in [6.45, 7) is 0.245. The van der Waals surface area contributed by atoms with Gasteiger partial charge in [-0.3, -0.25) is 0 Å². The van der Waals surface area contributed by atoms with Gasteiger partial charge in [-0.1, -0.05) is 11.8 Å². The van der Waals surface area contributed by atoms with Crippen LogP contribution in [0.1, 0.15) is 15.9 Å². The van der Waals surface area contributed by atoms with Gasteiger partial charge in [0.05, 0.1) is 12.1 Å². The van der Waals surface area contributed by atoms with E-state index in [0.717, 1.165) is 0 Å². The van der Waals surface area contributed by atoms with Crippen LogP contribution in [0.2, 0.25) is 0 Å². The second kappa shape index (κ2) is 3.90. The van der Waals surface area contributed by atoms with Crippen molar-refractivity contribution in [3.05, 3.63) is 21.9 Å². The molecule has 0 aliphatic rings. The first kappa shape index (κ1) is 8.78. The van der Waals surface area contributed by atoms with E-state index in [1.807, 2.05) is 0 Å². The highest BCUT2D eigenvalue weighted by molar-refractivity contribution is 7.08. The third kappa shape index (κ3) is 1.84. The van der Waals surface area contributed by atoms with E-state index in [0.29, 0.717) is 5.56 Å². The zero-order chi connectivity index (χ0) is 8.97. The molecule has 3 nitrogen and oxygen atoms in total.